The lowest BCUT2D eigenvalue weighted by Crippen LogP contribution is -2.04. The van der Waals surface area contributed by atoms with Gasteiger partial charge in [-0.3, -0.25) is 0 Å². The second-order valence-electron chi connectivity index (χ2n) is 19.7. The highest BCUT2D eigenvalue weighted by molar-refractivity contribution is 6.26. The maximum Gasteiger partial charge on any atom is 0.161 e. The molecular formula is C70H66O4. The van der Waals surface area contributed by atoms with Gasteiger partial charge in [-0.15, -0.1) is 0 Å². The van der Waals surface area contributed by atoms with Crippen LogP contribution >= 0.6 is 0 Å². The van der Waals surface area contributed by atoms with Gasteiger partial charge in [0.2, 0.25) is 0 Å². The Morgan fingerprint density at radius 2 is 0.446 bits per heavy atom. The van der Waals surface area contributed by atoms with Crippen LogP contribution in [0, 0.1) is 0 Å². The summed E-state index contributed by atoms with van der Waals surface area (Å²) in [6.45, 7) is 11.3. The fourth-order valence-corrected chi connectivity index (χ4v) is 11.0. The molecule has 0 aliphatic heterocycles. The molecule has 0 unspecified atom stereocenters. The smallest absolute Gasteiger partial charge is 0.161 e. The first-order chi connectivity index (χ1) is 36.6. The minimum absolute atomic E-state index is 0.601. The average molecular weight is 971 g/mol. The third kappa shape index (κ3) is 9.28. The van der Waals surface area contributed by atoms with Crippen LogP contribution in [-0.2, 0) is 0 Å². The van der Waals surface area contributed by atoms with Crippen LogP contribution < -0.4 is 18.9 Å². The zero-order valence-corrected chi connectivity index (χ0v) is 43.4. The van der Waals surface area contributed by atoms with Crippen molar-refractivity contribution in [3.05, 3.63) is 182 Å². The maximum atomic E-state index is 6.84. The molecule has 0 N–H and O–H groups in total. The SMILES string of the molecule is CCCCOc1cc(-c2c3ccccc3cc3ccccc23)c(-c2c3ccccc3c(-c3cc(OCCCC)c(OCCCC)cc3-c3c4ccccc4cc4ccccc34)c3ccccc23)cc1OCCCC. The van der Waals surface area contributed by atoms with Crippen LogP contribution in [0.25, 0.3) is 109 Å². The average Bonchev–Trinajstić information content (AvgIpc) is 3.44. The van der Waals surface area contributed by atoms with Gasteiger partial charge in [0.1, 0.15) is 0 Å². The minimum atomic E-state index is 0.601. The van der Waals surface area contributed by atoms with Crippen molar-refractivity contribution >= 4 is 64.6 Å². The van der Waals surface area contributed by atoms with E-state index in [0.29, 0.717) is 26.4 Å². The van der Waals surface area contributed by atoms with E-state index in [9.17, 15) is 0 Å². The molecule has 0 bridgehead atoms. The predicted octanol–water partition coefficient (Wildman–Crippen LogP) is 20.0. The van der Waals surface area contributed by atoms with Crippen molar-refractivity contribution in [2.24, 2.45) is 0 Å². The summed E-state index contributed by atoms with van der Waals surface area (Å²) in [5.41, 5.74) is 9.10. The summed E-state index contributed by atoms with van der Waals surface area (Å²) >= 11 is 0. The maximum absolute atomic E-state index is 6.84. The Morgan fingerprint density at radius 3 is 0.676 bits per heavy atom. The van der Waals surface area contributed by atoms with Crippen LogP contribution in [0.3, 0.4) is 0 Å². The molecule has 0 aliphatic rings. The van der Waals surface area contributed by atoms with Gasteiger partial charge in [-0.1, -0.05) is 199 Å². The van der Waals surface area contributed by atoms with Gasteiger partial charge < -0.3 is 18.9 Å². The van der Waals surface area contributed by atoms with Crippen molar-refractivity contribution in [3.63, 3.8) is 0 Å². The standard InChI is InChI=1S/C70H66O4/c1-5-9-37-71-63-43-59(67-51-29-17-13-25-47(51)41-48-26-14-18-30-52(48)67)61(45-65(63)73-39-11-7-3)69-55-33-21-23-35-57(55)70(58-36-24-22-34-56(58)69)62-46-66(74-40-12-8-4)64(72-38-10-6-2)44-60(62)68-53-31-19-15-27-49(53)42-50-28-16-20-32-54(50)68/h13-36,41-46H,5-12,37-40H2,1-4H3. The molecule has 0 aromatic heterocycles. The molecular weight excluding hydrogens is 905 g/mol. The Labute approximate surface area is 436 Å². The van der Waals surface area contributed by atoms with Crippen LogP contribution in [0.5, 0.6) is 23.0 Å². The van der Waals surface area contributed by atoms with Crippen LogP contribution in [0.2, 0.25) is 0 Å². The van der Waals surface area contributed by atoms with Gasteiger partial charge in [-0.05, 0) is 171 Å². The van der Waals surface area contributed by atoms with Crippen molar-refractivity contribution in [2.45, 2.75) is 79.1 Å². The quantitative estimate of drug-likeness (QED) is 0.0563. The lowest BCUT2D eigenvalue weighted by Gasteiger charge is -2.25. The van der Waals surface area contributed by atoms with Gasteiger partial charge in [0.25, 0.3) is 0 Å². The van der Waals surface area contributed by atoms with E-state index in [-0.39, 0.29) is 0 Å². The summed E-state index contributed by atoms with van der Waals surface area (Å²) in [5.74, 6) is 3.10. The number of rotatable bonds is 20. The lowest BCUT2D eigenvalue weighted by atomic mass is 9.80. The molecule has 0 radical (unpaired) electrons. The van der Waals surface area contributed by atoms with Crippen molar-refractivity contribution in [3.8, 4) is 67.5 Å². The highest BCUT2D eigenvalue weighted by Crippen LogP contribution is 2.54. The van der Waals surface area contributed by atoms with E-state index in [1.165, 1.54) is 54.2 Å². The molecule has 0 amide bonds. The molecule has 4 nitrogen and oxygen atoms in total. The Kier molecular flexibility index (Phi) is 14.5. The first-order valence-corrected chi connectivity index (χ1v) is 27.2. The molecule has 4 heteroatoms. The van der Waals surface area contributed by atoms with Crippen molar-refractivity contribution in [1.82, 2.24) is 0 Å². The molecule has 11 aromatic carbocycles. The number of ether oxygens (including phenoxy) is 4. The first-order valence-electron chi connectivity index (χ1n) is 27.2. The normalized spacial score (nSPS) is 11.6. The van der Waals surface area contributed by atoms with Crippen LogP contribution in [0.4, 0.5) is 0 Å². The molecule has 0 atom stereocenters. The van der Waals surface area contributed by atoms with E-state index >= 15 is 0 Å². The van der Waals surface area contributed by atoms with Gasteiger partial charge in [0.15, 0.2) is 23.0 Å². The fourth-order valence-electron chi connectivity index (χ4n) is 11.0. The van der Waals surface area contributed by atoms with E-state index in [0.717, 1.165) is 129 Å². The molecule has 0 aliphatic carbocycles. The van der Waals surface area contributed by atoms with Crippen LogP contribution in [0.1, 0.15) is 79.1 Å². The lowest BCUT2D eigenvalue weighted by molar-refractivity contribution is 0.262. The van der Waals surface area contributed by atoms with Crippen molar-refractivity contribution in [2.75, 3.05) is 26.4 Å². The predicted molar refractivity (Wildman–Crippen MR) is 315 cm³/mol. The monoisotopic (exact) mass is 970 g/mol. The molecule has 0 heterocycles. The number of fused-ring (bicyclic) bond motifs is 6. The van der Waals surface area contributed by atoms with E-state index in [4.69, 9.17) is 18.9 Å². The summed E-state index contributed by atoms with van der Waals surface area (Å²) < 4.78 is 27.3. The number of hydrogen-bond donors (Lipinski definition) is 0. The van der Waals surface area contributed by atoms with Crippen LogP contribution in [-0.4, -0.2) is 26.4 Å². The van der Waals surface area contributed by atoms with Gasteiger partial charge in [0, 0.05) is 0 Å². The van der Waals surface area contributed by atoms with E-state index < -0.39 is 0 Å². The minimum Gasteiger partial charge on any atom is -0.490 e. The van der Waals surface area contributed by atoms with E-state index in [1.54, 1.807) is 0 Å². The van der Waals surface area contributed by atoms with Gasteiger partial charge >= 0.3 is 0 Å². The molecule has 0 fully saturated rings. The molecule has 370 valence electrons. The highest BCUT2D eigenvalue weighted by Gasteiger charge is 2.27. The molecule has 11 rings (SSSR count). The van der Waals surface area contributed by atoms with Crippen LogP contribution in [0.15, 0.2) is 182 Å². The highest BCUT2D eigenvalue weighted by atomic mass is 16.5. The zero-order valence-electron chi connectivity index (χ0n) is 43.4. The van der Waals surface area contributed by atoms with Crippen molar-refractivity contribution < 1.29 is 18.9 Å². The van der Waals surface area contributed by atoms with Crippen molar-refractivity contribution in [1.29, 1.82) is 0 Å². The fraction of sp³-hybridized carbons (Fsp3) is 0.229. The number of unbranched alkanes of at least 4 members (excludes halogenated alkanes) is 4. The molecule has 11 aromatic rings. The summed E-state index contributed by atoms with van der Waals surface area (Å²) in [4.78, 5) is 0. The topological polar surface area (TPSA) is 36.9 Å². The summed E-state index contributed by atoms with van der Waals surface area (Å²) in [7, 11) is 0. The second kappa shape index (κ2) is 22.1. The van der Waals surface area contributed by atoms with Gasteiger partial charge in [-0.25, -0.2) is 0 Å². The molecule has 0 saturated heterocycles. The molecule has 74 heavy (non-hydrogen) atoms. The van der Waals surface area contributed by atoms with E-state index in [1.807, 2.05) is 0 Å². The van der Waals surface area contributed by atoms with Gasteiger partial charge in [0.05, 0.1) is 26.4 Å². The Hall–Kier alpha value is -7.82. The number of hydrogen-bond acceptors (Lipinski definition) is 4. The second-order valence-corrected chi connectivity index (χ2v) is 19.7. The summed E-state index contributed by atoms with van der Waals surface area (Å²) in [6, 6.07) is 67.2. The van der Waals surface area contributed by atoms with Gasteiger partial charge in [-0.2, -0.15) is 0 Å². The first kappa shape index (κ1) is 48.4. The zero-order chi connectivity index (χ0) is 50.4. The Bertz CT molecular complexity index is 3400. The Morgan fingerprint density at radius 1 is 0.243 bits per heavy atom. The third-order valence-electron chi connectivity index (χ3n) is 14.7. The largest absolute Gasteiger partial charge is 0.490 e. The number of benzene rings is 11. The summed E-state index contributed by atoms with van der Waals surface area (Å²) in [6.07, 6.45) is 7.93. The molecule has 0 spiro atoms. The molecule has 0 saturated carbocycles. The Balaban J connectivity index is 1.28. The summed E-state index contributed by atoms with van der Waals surface area (Å²) in [5, 5.41) is 14.2. The van der Waals surface area contributed by atoms with E-state index in [2.05, 4.69) is 210 Å². The third-order valence-corrected chi connectivity index (χ3v) is 14.7.